The lowest BCUT2D eigenvalue weighted by Gasteiger charge is -2.35. The number of carbonyl (C=O) groups excluding carboxylic acids is 1. The highest BCUT2D eigenvalue weighted by atomic mass is 16.6. The zero-order valence-electron chi connectivity index (χ0n) is 11.0. The number of carbonyl (C=O) groups is 1. The summed E-state index contributed by atoms with van der Waals surface area (Å²) < 4.78 is 11.4. The molecule has 0 unspecified atom stereocenters. The van der Waals surface area contributed by atoms with E-state index in [1.165, 1.54) is 0 Å². The molecule has 0 spiro atoms. The predicted molar refractivity (Wildman–Crippen MR) is 69.8 cm³/mol. The molecule has 5 heteroatoms. The lowest BCUT2D eigenvalue weighted by molar-refractivity contribution is -0.141. The van der Waals surface area contributed by atoms with Crippen molar-refractivity contribution in [3.05, 3.63) is 35.9 Å². The predicted octanol–water partition coefficient (Wildman–Crippen LogP) is 0.315. The van der Waals surface area contributed by atoms with Crippen LogP contribution in [0, 0.1) is 0 Å². The third-order valence-electron chi connectivity index (χ3n) is 4.42. The SMILES string of the molecule is O=C1[C@H]2O[C@H]2[C@H](OCc2ccccc2)[C@H]2[C@@H](O)CCN12. The number of rotatable bonds is 3. The zero-order chi connectivity index (χ0) is 13.7. The van der Waals surface area contributed by atoms with Gasteiger partial charge in [-0.15, -0.1) is 0 Å². The van der Waals surface area contributed by atoms with Crippen LogP contribution in [0.4, 0.5) is 0 Å². The highest BCUT2D eigenvalue weighted by molar-refractivity contribution is 5.86. The van der Waals surface area contributed by atoms with Gasteiger partial charge in [0.15, 0.2) is 6.10 Å². The summed E-state index contributed by atoms with van der Waals surface area (Å²) in [6.45, 7) is 1.08. The molecule has 0 bridgehead atoms. The first-order valence-corrected chi connectivity index (χ1v) is 7.05. The molecule has 0 aliphatic carbocycles. The molecule has 3 aliphatic heterocycles. The van der Waals surface area contributed by atoms with Gasteiger partial charge in [0.25, 0.3) is 5.91 Å². The summed E-state index contributed by atoms with van der Waals surface area (Å²) in [4.78, 5) is 13.8. The lowest BCUT2D eigenvalue weighted by Crippen LogP contribution is -2.56. The highest BCUT2D eigenvalue weighted by Gasteiger charge is 2.63. The molecule has 0 saturated carbocycles. The second kappa shape index (κ2) is 4.55. The van der Waals surface area contributed by atoms with Crippen LogP contribution < -0.4 is 0 Å². The van der Waals surface area contributed by atoms with Crippen LogP contribution in [0.15, 0.2) is 30.3 Å². The van der Waals surface area contributed by atoms with Crippen LogP contribution in [0.5, 0.6) is 0 Å². The van der Waals surface area contributed by atoms with Crippen molar-refractivity contribution >= 4 is 5.91 Å². The molecule has 3 heterocycles. The van der Waals surface area contributed by atoms with Crippen molar-refractivity contribution < 1.29 is 19.4 Å². The number of hydrogen-bond acceptors (Lipinski definition) is 4. The summed E-state index contributed by atoms with van der Waals surface area (Å²) in [5, 5.41) is 10.1. The van der Waals surface area contributed by atoms with Crippen molar-refractivity contribution in [3.63, 3.8) is 0 Å². The van der Waals surface area contributed by atoms with Gasteiger partial charge in [-0.1, -0.05) is 30.3 Å². The molecule has 1 aromatic rings. The first kappa shape index (κ1) is 12.3. The van der Waals surface area contributed by atoms with Crippen molar-refractivity contribution in [1.82, 2.24) is 4.90 Å². The van der Waals surface area contributed by atoms with Gasteiger partial charge in [-0.2, -0.15) is 0 Å². The Balaban J connectivity index is 1.51. The van der Waals surface area contributed by atoms with Gasteiger partial charge in [-0.05, 0) is 12.0 Å². The van der Waals surface area contributed by atoms with E-state index in [4.69, 9.17) is 9.47 Å². The fraction of sp³-hybridized carbons (Fsp3) is 0.533. The molecule has 0 radical (unpaired) electrons. The smallest absolute Gasteiger partial charge is 0.254 e. The molecule has 3 fully saturated rings. The van der Waals surface area contributed by atoms with E-state index >= 15 is 0 Å². The molecule has 106 valence electrons. The molecular formula is C15H17NO4. The topological polar surface area (TPSA) is 62.3 Å². The Labute approximate surface area is 117 Å². The summed E-state index contributed by atoms with van der Waals surface area (Å²) >= 11 is 0. The van der Waals surface area contributed by atoms with Crippen molar-refractivity contribution in [3.8, 4) is 0 Å². The summed E-state index contributed by atoms with van der Waals surface area (Å²) in [6.07, 6.45) is -0.640. The van der Waals surface area contributed by atoms with Gasteiger partial charge < -0.3 is 19.5 Å². The number of aliphatic hydroxyl groups excluding tert-OH is 1. The fourth-order valence-corrected chi connectivity index (χ4v) is 3.34. The van der Waals surface area contributed by atoms with E-state index in [9.17, 15) is 9.90 Å². The largest absolute Gasteiger partial charge is 0.391 e. The van der Waals surface area contributed by atoms with Crippen molar-refractivity contribution in [1.29, 1.82) is 0 Å². The number of nitrogens with zero attached hydrogens (tertiary/aromatic N) is 1. The maximum Gasteiger partial charge on any atom is 0.254 e. The number of aliphatic hydroxyl groups is 1. The first-order valence-electron chi connectivity index (χ1n) is 7.05. The molecule has 0 aromatic heterocycles. The van der Waals surface area contributed by atoms with Gasteiger partial charge in [0, 0.05) is 6.54 Å². The zero-order valence-corrected chi connectivity index (χ0v) is 11.0. The fourth-order valence-electron chi connectivity index (χ4n) is 3.34. The van der Waals surface area contributed by atoms with E-state index in [2.05, 4.69) is 0 Å². The summed E-state index contributed by atoms with van der Waals surface area (Å²) in [5.41, 5.74) is 1.08. The van der Waals surface area contributed by atoms with E-state index < -0.39 is 6.10 Å². The minimum Gasteiger partial charge on any atom is -0.391 e. The molecule has 1 N–H and O–H groups in total. The Kier molecular flexibility index (Phi) is 2.80. The minimum atomic E-state index is -0.509. The van der Waals surface area contributed by atoms with Crippen molar-refractivity contribution in [2.24, 2.45) is 0 Å². The van der Waals surface area contributed by atoms with Crippen LogP contribution in [-0.2, 0) is 20.9 Å². The summed E-state index contributed by atoms with van der Waals surface area (Å²) in [6, 6.07) is 9.65. The Hall–Kier alpha value is -1.43. The Morgan fingerprint density at radius 2 is 2.15 bits per heavy atom. The summed E-state index contributed by atoms with van der Waals surface area (Å²) in [7, 11) is 0. The van der Waals surface area contributed by atoms with Crippen LogP contribution >= 0.6 is 0 Å². The molecule has 3 aliphatic rings. The second-order valence-corrected chi connectivity index (χ2v) is 5.66. The molecule has 1 aromatic carbocycles. The molecule has 4 rings (SSSR count). The quantitative estimate of drug-likeness (QED) is 0.807. The molecule has 20 heavy (non-hydrogen) atoms. The average molecular weight is 275 g/mol. The van der Waals surface area contributed by atoms with Crippen LogP contribution in [0.25, 0.3) is 0 Å². The van der Waals surface area contributed by atoms with Crippen molar-refractivity contribution in [2.75, 3.05) is 6.54 Å². The standard InChI is InChI=1S/C15H17NO4/c17-10-6-7-16-11(10)12(13-14(20-13)15(16)18)19-8-9-4-2-1-3-5-9/h1-5,10-14,17H,6-8H2/t10-,11+,12+,13-,14-/m0/s1. The second-order valence-electron chi connectivity index (χ2n) is 5.66. The maximum absolute atomic E-state index is 12.0. The van der Waals surface area contributed by atoms with Gasteiger partial charge in [0.1, 0.15) is 12.2 Å². The van der Waals surface area contributed by atoms with Crippen molar-refractivity contribution in [2.45, 2.75) is 43.5 Å². The van der Waals surface area contributed by atoms with Crippen LogP contribution in [0.3, 0.4) is 0 Å². The number of epoxide rings is 1. The van der Waals surface area contributed by atoms with E-state index in [1.807, 2.05) is 30.3 Å². The first-order chi connectivity index (χ1) is 9.75. The Bertz CT molecular complexity index is 520. The molecular weight excluding hydrogens is 258 g/mol. The number of benzene rings is 1. The number of amides is 1. The van der Waals surface area contributed by atoms with E-state index in [0.29, 0.717) is 19.6 Å². The molecule has 1 amide bonds. The van der Waals surface area contributed by atoms with Gasteiger partial charge in [0.2, 0.25) is 0 Å². The van der Waals surface area contributed by atoms with E-state index in [-0.39, 0.29) is 30.3 Å². The van der Waals surface area contributed by atoms with Gasteiger partial charge in [-0.25, -0.2) is 0 Å². The minimum absolute atomic E-state index is 0.0103. The van der Waals surface area contributed by atoms with Crippen LogP contribution in [0.2, 0.25) is 0 Å². The van der Waals surface area contributed by atoms with Gasteiger partial charge >= 0.3 is 0 Å². The molecule has 5 nitrogen and oxygen atoms in total. The Morgan fingerprint density at radius 1 is 1.35 bits per heavy atom. The lowest BCUT2D eigenvalue weighted by atomic mass is 9.96. The monoisotopic (exact) mass is 275 g/mol. The number of fused-ring (bicyclic) bond motifs is 2. The maximum atomic E-state index is 12.0. The van der Waals surface area contributed by atoms with E-state index in [1.54, 1.807) is 4.90 Å². The third kappa shape index (κ3) is 1.85. The number of ether oxygens (including phenoxy) is 2. The van der Waals surface area contributed by atoms with Crippen LogP contribution in [-0.4, -0.2) is 52.9 Å². The average Bonchev–Trinajstić information content (AvgIpc) is 3.18. The van der Waals surface area contributed by atoms with Gasteiger partial charge in [0.05, 0.1) is 18.8 Å². The molecule has 3 saturated heterocycles. The van der Waals surface area contributed by atoms with Gasteiger partial charge in [-0.3, -0.25) is 4.79 Å². The summed E-state index contributed by atoms with van der Waals surface area (Å²) in [5.74, 6) is 0.0103. The van der Waals surface area contributed by atoms with E-state index in [0.717, 1.165) is 5.56 Å². The number of hydrogen-bond donors (Lipinski definition) is 1. The van der Waals surface area contributed by atoms with Crippen LogP contribution in [0.1, 0.15) is 12.0 Å². The third-order valence-corrected chi connectivity index (χ3v) is 4.42. The molecule has 5 atom stereocenters. The Morgan fingerprint density at radius 3 is 2.95 bits per heavy atom. The normalized spacial score (nSPS) is 38.5. The number of piperidine rings is 1. The highest BCUT2D eigenvalue weighted by Crippen LogP contribution is 2.41.